The molecule has 0 aliphatic heterocycles. The number of halogens is 2. The van der Waals surface area contributed by atoms with E-state index in [1.54, 1.807) is 12.1 Å². The smallest absolute Gasteiger partial charge is 0.142 e. The summed E-state index contributed by atoms with van der Waals surface area (Å²) in [5, 5.41) is 0.238. The van der Waals surface area contributed by atoms with E-state index in [4.69, 9.17) is 11.6 Å². The first-order chi connectivity index (χ1) is 12.2. The van der Waals surface area contributed by atoms with E-state index < -0.39 is 0 Å². The van der Waals surface area contributed by atoms with Crippen LogP contribution in [0.15, 0.2) is 30.4 Å². The van der Waals surface area contributed by atoms with Crippen LogP contribution in [0.2, 0.25) is 5.02 Å². The molecule has 1 aromatic carbocycles. The molecule has 0 spiro atoms. The van der Waals surface area contributed by atoms with Crippen LogP contribution in [0.5, 0.6) is 0 Å². The van der Waals surface area contributed by atoms with Crippen molar-refractivity contribution in [2.45, 2.75) is 77.0 Å². The molecule has 2 aliphatic rings. The first-order valence-corrected chi connectivity index (χ1v) is 10.6. The molecule has 0 amide bonds. The average molecular weight is 363 g/mol. The van der Waals surface area contributed by atoms with Gasteiger partial charge in [-0.2, -0.15) is 0 Å². The lowest BCUT2D eigenvalue weighted by atomic mass is 9.74. The maximum Gasteiger partial charge on any atom is 0.142 e. The van der Waals surface area contributed by atoms with Crippen molar-refractivity contribution in [3.05, 3.63) is 46.8 Å². The van der Waals surface area contributed by atoms with E-state index in [9.17, 15) is 4.39 Å². The Morgan fingerprint density at radius 3 is 2.12 bits per heavy atom. The minimum atomic E-state index is -0.269. The Labute approximate surface area is 157 Å². The molecule has 2 saturated carbocycles. The van der Waals surface area contributed by atoms with E-state index in [2.05, 4.69) is 19.1 Å². The molecule has 2 fully saturated rings. The Bertz CT molecular complexity index is 563. The highest BCUT2D eigenvalue weighted by Gasteiger charge is 2.25. The number of rotatable bonds is 5. The van der Waals surface area contributed by atoms with Crippen LogP contribution in [-0.2, 0) is 0 Å². The zero-order chi connectivity index (χ0) is 17.6. The summed E-state index contributed by atoms with van der Waals surface area (Å²) in [6.07, 6.45) is 18.1. The van der Waals surface area contributed by atoms with Gasteiger partial charge in [-0.25, -0.2) is 4.39 Å². The van der Waals surface area contributed by atoms with Gasteiger partial charge in [0.1, 0.15) is 5.82 Å². The van der Waals surface area contributed by atoms with E-state index in [0.717, 1.165) is 23.3 Å². The summed E-state index contributed by atoms with van der Waals surface area (Å²) in [6.45, 7) is 2.14. The molecular weight excluding hydrogens is 331 g/mol. The SMILES string of the molecule is C/C=C/C1CCC(CCC2CCC(c3ccc(Cl)c(F)c3)CC2)CC1. The summed E-state index contributed by atoms with van der Waals surface area (Å²) in [5.41, 5.74) is 1.14. The summed E-state index contributed by atoms with van der Waals surface area (Å²) in [5.74, 6) is 2.96. The van der Waals surface area contributed by atoms with Gasteiger partial charge in [0.2, 0.25) is 0 Å². The number of hydrogen-bond acceptors (Lipinski definition) is 0. The zero-order valence-corrected chi connectivity index (χ0v) is 16.3. The van der Waals surface area contributed by atoms with Crippen molar-refractivity contribution in [2.75, 3.05) is 0 Å². The third-order valence-electron chi connectivity index (χ3n) is 6.60. The van der Waals surface area contributed by atoms with Crippen molar-refractivity contribution >= 4 is 11.6 Å². The predicted octanol–water partition coefficient (Wildman–Crippen LogP) is 7.92. The Kier molecular flexibility index (Phi) is 6.99. The normalized spacial score (nSPS) is 30.7. The van der Waals surface area contributed by atoms with Crippen LogP contribution in [0.3, 0.4) is 0 Å². The van der Waals surface area contributed by atoms with Crippen LogP contribution >= 0.6 is 11.6 Å². The van der Waals surface area contributed by atoms with Gasteiger partial charge in [0.05, 0.1) is 5.02 Å². The Morgan fingerprint density at radius 1 is 0.960 bits per heavy atom. The topological polar surface area (TPSA) is 0 Å². The molecule has 0 radical (unpaired) electrons. The van der Waals surface area contributed by atoms with E-state index >= 15 is 0 Å². The fourth-order valence-corrected chi connectivity index (χ4v) is 5.08. The predicted molar refractivity (Wildman–Crippen MR) is 106 cm³/mol. The first kappa shape index (κ1) is 19.0. The van der Waals surface area contributed by atoms with Crippen molar-refractivity contribution < 1.29 is 4.39 Å². The Morgan fingerprint density at radius 2 is 1.56 bits per heavy atom. The molecule has 1 aromatic rings. The summed E-state index contributed by atoms with van der Waals surface area (Å²) in [4.78, 5) is 0. The lowest BCUT2D eigenvalue weighted by Crippen LogP contribution is -2.17. The Hall–Kier alpha value is -0.820. The minimum Gasteiger partial charge on any atom is -0.205 e. The third kappa shape index (κ3) is 5.33. The van der Waals surface area contributed by atoms with Crippen LogP contribution < -0.4 is 0 Å². The maximum absolute atomic E-state index is 13.7. The van der Waals surface area contributed by atoms with Gasteiger partial charge in [0.25, 0.3) is 0 Å². The summed E-state index contributed by atoms with van der Waals surface area (Å²) in [7, 11) is 0. The molecule has 0 nitrogen and oxygen atoms in total. The van der Waals surface area contributed by atoms with Gasteiger partial charge in [-0.05, 0) is 99.7 Å². The van der Waals surface area contributed by atoms with E-state index in [1.165, 1.54) is 64.2 Å². The van der Waals surface area contributed by atoms with E-state index in [1.807, 2.05) is 6.07 Å². The number of allylic oxidation sites excluding steroid dienone is 2. The van der Waals surface area contributed by atoms with Gasteiger partial charge in [-0.3, -0.25) is 0 Å². The van der Waals surface area contributed by atoms with Crippen LogP contribution in [0.1, 0.15) is 82.6 Å². The molecule has 0 unspecified atom stereocenters. The molecule has 25 heavy (non-hydrogen) atoms. The van der Waals surface area contributed by atoms with Gasteiger partial charge in [-0.1, -0.05) is 42.7 Å². The molecule has 138 valence electrons. The second kappa shape index (κ2) is 9.21. The quantitative estimate of drug-likeness (QED) is 0.466. The van der Waals surface area contributed by atoms with Gasteiger partial charge >= 0.3 is 0 Å². The highest BCUT2D eigenvalue weighted by atomic mass is 35.5. The highest BCUT2D eigenvalue weighted by molar-refractivity contribution is 6.30. The lowest BCUT2D eigenvalue weighted by molar-refractivity contribution is 0.246. The molecule has 0 bridgehead atoms. The molecule has 0 atom stereocenters. The van der Waals surface area contributed by atoms with Crippen molar-refractivity contribution in [3.8, 4) is 0 Å². The van der Waals surface area contributed by atoms with Crippen molar-refractivity contribution in [3.63, 3.8) is 0 Å². The van der Waals surface area contributed by atoms with Crippen LogP contribution in [-0.4, -0.2) is 0 Å². The minimum absolute atomic E-state index is 0.238. The van der Waals surface area contributed by atoms with Crippen molar-refractivity contribution in [1.82, 2.24) is 0 Å². The number of hydrogen-bond donors (Lipinski definition) is 0. The Balaban J connectivity index is 1.39. The van der Waals surface area contributed by atoms with Gasteiger partial charge in [0.15, 0.2) is 0 Å². The van der Waals surface area contributed by atoms with E-state index in [-0.39, 0.29) is 10.8 Å². The highest BCUT2D eigenvalue weighted by Crippen LogP contribution is 2.40. The fraction of sp³-hybridized carbons (Fsp3) is 0.652. The van der Waals surface area contributed by atoms with Gasteiger partial charge in [-0.15, -0.1) is 0 Å². The lowest BCUT2D eigenvalue weighted by Gasteiger charge is -2.31. The maximum atomic E-state index is 13.7. The zero-order valence-electron chi connectivity index (χ0n) is 15.5. The third-order valence-corrected chi connectivity index (χ3v) is 6.91. The molecule has 0 N–H and O–H groups in total. The van der Waals surface area contributed by atoms with Crippen molar-refractivity contribution in [2.24, 2.45) is 17.8 Å². The summed E-state index contributed by atoms with van der Waals surface area (Å²) in [6, 6.07) is 5.37. The van der Waals surface area contributed by atoms with Crippen LogP contribution in [0.4, 0.5) is 4.39 Å². The van der Waals surface area contributed by atoms with Crippen LogP contribution in [0.25, 0.3) is 0 Å². The molecule has 2 heteroatoms. The van der Waals surface area contributed by atoms with E-state index in [0.29, 0.717) is 5.92 Å². The summed E-state index contributed by atoms with van der Waals surface area (Å²) >= 11 is 5.81. The molecular formula is C23H32ClF. The van der Waals surface area contributed by atoms with Gasteiger partial charge < -0.3 is 0 Å². The second-order valence-corrected chi connectivity index (χ2v) is 8.68. The molecule has 3 rings (SSSR count). The standard InChI is InChI=1S/C23H32ClF/c1-2-3-17-4-6-18(7-5-17)8-9-19-10-12-20(13-11-19)21-14-15-22(24)23(25)16-21/h2-3,14-20H,4-13H2,1H3/b3-2+. The fourth-order valence-electron chi connectivity index (χ4n) is 4.96. The molecule has 0 heterocycles. The monoisotopic (exact) mass is 362 g/mol. The molecule has 0 saturated heterocycles. The van der Waals surface area contributed by atoms with Crippen molar-refractivity contribution in [1.29, 1.82) is 0 Å². The van der Waals surface area contributed by atoms with Crippen LogP contribution in [0, 0.1) is 23.6 Å². The molecule has 0 aromatic heterocycles. The van der Waals surface area contributed by atoms with Gasteiger partial charge in [0, 0.05) is 0 Å². The average Bonchev–Trinajstić information content (AvgIpc) is 2.64. The largest absolute Gasteiger partial charge is 0.205 e. The second-order valence-electron chi connectivity index (χ2n) is 8.28. The summed E-state index contributed by atoms with van der Waals surface area (Å²) < 4.78 is 13.7. The number of benzene rings is 1. The first-order valence-electron chi connectivity index (χ1n) is 10.2. The molecule has 2 aliphatic carbocycles.